The minimum atomic E-state index is -0.967. The van der Waals surface area contributed by atoms with Gasteiger partial charge in [0.15, 0.2) is 6.61 Å². The summed E-state index contributed by atoms with van der Waals surface area (Å²) < 4.78 is 5.32. The Labute approximate surface area is 95.4 Å². The molecule has 0 amide bonds. The Morgan fingerprint density at radius 2 is 2.19 bits per heavy atom. The van der Waals surface area contributed by atoms with Gasteiger partial charge in [-0.3, -0.25) is 0 Å². The van der Waals surface area contributed by atoms with Crippen LogP contribution in [0.4, 0.5) is 0 Å². The molecule has 0 aliphatic heterocycles. The van der Waals surface area contributed by atoms with E-state index in [2.05, 4.69) is 6.58 Å². The lowest BCUT2D eigenvalue weighted by Gasteiger charge is -2.13. The van der Waals surface area contributed by atoms with E-state index in [-0.39, 0.29) is 6.61 Å². The Bertz CT molecular complexity index is 408. The van der Waals surface area contributed by atoms with Crippen molar-refractivity contribution >= 4 is 5.97 Å². The third kappa shape index (κ3) is 2.86. The normalized spacial score (nSPS) is 9.88. The van der Waals surface area contributed by atoms with Crippen molar-refractivity contribution in [3.05, 3.63) is 41.5 Å². The summed E-state index contributed by atoms with van der Waals surface area (Å²) in [6.07, 6.45) is 2.45. The predicted octanol–water partition coefficient (Wildman–Crippen LogP) is 2.50. The Kier molecular flexibility index (Phi) is 4.11. The van der Waals surface area contributed by atoms with E-state index in [0.717, 1.165) is 16.7 Å². The first-order valence-electron chi connectivity index (χ1n) is 5.10. The van der Waals surface area contributed by atoms with Gasteiger partial charge in [-0.2, -0.15) is 0 Å². The maximum absolute atomic E-state index is 10.5. The van der Waals surface area contributed by atoms with Crippen molar-refractivity contribution in [1.82, 2.24) is 0 Å². The molecule has 0 bridgehead atoms. The van der Waals surface area contributed by atoms with Crippen LogP contribution in [0.1, 0.15) is 16.7 Å². The molecule has 1 aromatic carbocycles. The molecule has 0 atom stereocenters. The van der Waals surface area contributed by atoms with Crippen molar-refractivity contribution < 1.29 is 14.6 Å². The number of aryl methyl sites for hydroxylation is 1. The highest BCUT2D eigenvalue weighted by Crippen LogP contribution is 2.27. The second-order valence-electron chi connectivity index (χ2n) is 3.67. The van der Waals surface area contributed by atoms with E-state index >= 15 is 0 Å². The van der Waals surface area contributed by atoms with Crippen LogP contribution in [0.5, 0.6) is 5.75 Å². The molecule has 3 heteroatoms. The van der Waals surface area contributed by atoms with Crippen LogP contribution in [0.2, 0.25) is 0 Å². The summed E-state index contributed by atoms with van der Waals surface area (Å²) >= 11 is 0. The van der Waals surface area contributed by atoms with Gasteiger partial charge in [-0.15, -0.1) is 6.58 Å². The first kappa shape index (κ1) is 12.3. The topological polar surface area (TPSA) is 46.5 Å². The van der Waals surface area contributed by atoms with Gasteiger partial charge in [-0.05, 0) is 37.0 Å². The van der Waals surface area contributed by atoms with Crippen molar-refractivity contribution in [3.8, 4) is 5.75 Å². The van der Waals surface area contributed by atoms with Gasteiger partial charge in [0.05, 0.1) is 0 Å². The Hall–Kier alpha value is -1.77. The molecule has 0 saturated carbocycles. The van der Waals surface area contributed by atoms with E-state index in [1.54, 1.807) is 6.08 Å². The summed E-state index contributed by atoms with van der Waals surface area (Å²) in [5.74, 6) is -0.298. The van der Waals surface area contributed by atoms with Crippen LogP contribution in [-0.2, 0) is 11.2 Å². The largest absolute Gasteiger partial charge is 0.481 e. The number of allylic oxidation sites excluding steroid dienone is 1. The van der Waals surface area contributed by atoms with Crippen molar-refractivity contribution in [1.29, 1.82) is 0 Å². The number of aliphatic carboxylic acids is 1. The number of rotatable bonds is 5. The molecule has 0 aromatic heterocycles. The van der Waals surface area contributed by atoms with Crippen molar-refractivity contribution in [2.24, 2.45) is 0 Å². The summed E-state index contributed by atoms with van der Waals surface area (Å²) in [6.45, 7) is 7.26. The van der Waals surface area contributed by atoms with Crippen LogP contribution in [0.15, 0.2) is 24.8 Å². The van der Waals surface area contributed by atoms with Crippen LogP contribution in [0, 0.1) is 13.8 Å². The van der Waals surface area contributed by atoms with Crippen molar-refractivity contribution in [2.75, 3.05) is 6.61 Å². The summed E-state index contributed by atoms with van der Waals surface area (Å²) in [4.78, 5) is 10.5. The molecule has 3 nitrogen and oxygen atoms in total. The highest BCUT2D eigenvalue weighted by molar-refractivity contribution is 5.68. The van der Waals surface area contributed by atoms with Gasteiger partial charge in [-0.25, -0.2) is 4.79 Å². The molecule has 0 heterocycles. The Balaban J connectivity index is 3.04. The highest BCUT2D eigenvalue weighted by Gasteiger charge is 2.10. The summed E-state index contributed by atoms with van der Waals surface area (Å²) in [5.41, 5.74) is 3.05. The third-order valence-electron chi connectivity index (χ3n) is 2.46. The molecule has 16 heavy (non-hydrogen) atoms. The molecule has 0 saturated heterocycles. The van der Waals surface area contributed by atoms with Gasteiger partial charge >= 0.3 is 5.97 Å². The molecule has 1 aromatic rings. The minimum absolute atomic E-state index is 0.311. The van der Waals surface area contributed by atoms with Gasteiger partial charge in [0.2, 0.25) is 0 Å². The second-order valence-corrected chi connectivity index (χ2v) is 3.67. The lowest BCUT2D eigenvalue weighted by atomic mass is 10.0. The fraction of sp³-hybridized carbons (Fsp3) is 0.308. The number of ether oxygens (including phenoxy) is 1. The van der Waals surface area contributed by atoms with Gasteiger partial charge in [-0.1, -0.05) is 18.2 Å². The standard InChI is InChI=1S/C13H16O3/c1-4-5-11-7-6-9(2)10(3)13(11)16-8-12(14)15/h4,6-7H,1,5,8H2,2-3H3,(H,14,15). The zero-order valence-electron chi connectivity index (χ0n) is 9.62. The second kappa shape index (κ2) is 5.35. The zero-order valence-corrected chi connectivity index (χ0v) is 9.62. The van der Waals surface area contributed by atoms with E-state index in [9.17, 15) is 4.79 Å². The SMILES string of the molecule is C=CCc1ccc(C)c(C)c1OCC(=O)O. The van der Waals surface area contributed by atoms with Crippen molar-refractivity contribution in [2.45, 2.75) is 20.3 Å². The van der Waals surface area contributed by atoms with E-state index in [1.165, 1.54) is 0 Å². The summed E-state index contributed by atoms with van der Waals surface area (Å²) in [5, 5.41) is 8.61. The monoisotopic (exact) mass is 220 g/mol. The number of hydrogen-bond acceptors (Lipinski definition) is 2. The summed E-state index contributed by atoms with van der Waals surface area (Å²) in [7, 11) is 0. The maximum atomic E-state index is 10.5. The van der Waals surface area contributed by atoms with E-state index in [4.69, 9.17) is 9.84 Å². The average Bonchev–Trinajstić information content (AvgIpc) is 2.23. The van der Waals surface area contributed by atoms with Crippen LogP contribution < -0.4 is 4.74 Å². The lowest BCUT2D eigenvalue weighted by Crippen LogP contribution is -2.11. The third-order valence-corrected chi connectivity index (χ3v) is 2.46. The van der Waals surface area contributed by atoms with Crippen LogP contribution in [0.25, 0.3) is 0 Å². The lowest BCUT2D eigenvalue weighted by molar-refractivity contribution is -0.139. The molecule has 0 aliphatic carbocycles. The van der Waals surface area contributed by atoms with Crippen molar-refractivity contribution in [3.63, 3.8) is 0 Å². The zero-order chi connectivity index (χ0) is 12.1. The van der Waals surface area contributed by atoms with Gasteiger partial charge in [0.1, 0.15) is 5.75 Å². The minimum Gasteiger partial charge on any atom is -0.481 e. The first-order chi connectivity index (χ1) is 7.56. The van der Waals surface area contributed by atoms with Crippen LogP contribution >= 0.6 is 0 Å². The summed E-state index contributed by atoms with van der Waals surface area (Å²) in [6, 6.07) is 3.95. The molecular formula is C13H16O3. The number of hydrogen-bond donors (Lipinski definition) is 1. The fourth-order valence-electron chi connectivity index (χ4n) is 1.50. The van der Waals surface area contributed by atoms with Crippen LogP contribution in [-0.4, -0.2) is 17.7 Å². The number of carboxylic acid groups (broad SMARTS) is 1. The molecule has 1 N–H and O–H groups in total. The average molecular weight is 220 g/mol. The first-order valence-corrected chi connectivity index (χ1v) is 5.10. The Morgan fingerprint density at radius 3 is 2.75 bits per heavy atom. The molecule has 86 valence electrons. The van der Waals surface area contributed by atoms with E-state index in [1.807, 2.05) is 26.0 Å². The number of benzene rings is 1. The molecule has 1 rings (SSSR count). The maximum Gasteiger partial charge on any atom is 0.341 e. The highest BCUT2D eigenvalue weighted by atomic mass is 16.5. The van der Waals surface area contributed by atoms with Gasteiger partial charge < -0.3 is 9.84 Å². The van der Waals surface area contributed by atoms with E-state index < -0.39 is 5.97 Å². The molecular weight excluding hydrogens is 204 g/mol. The molecule has 0 radical (unpaired) electrons. The molecule has 0 unspecified atom stereocenters. The van der Waals surface area contributed by atoms with E-state index in [0.29, 0.717) is 12.2 Å². The van der Waals surface area contributed by atoms with Crippen LogP contribution in [0.3, 0.4) is 0 Å². The number of carboxylic acids is 1. The smallest absolute Gasteiger partial charge is 0.341 e. The predicted molar refractivity (Wildman–Crippen MR) is 62.9 cm³/mol. The quantitative estimate of drug-likeness (QED) is 0.775. The number of carbonyl (C=O) groups is 1. The Morgan fingerprint density at radius 1 is 1.50 bits per heavy atom. The molecule has 0 aliphatic rings. The fourth-order valence-corrected chi connectivity index (χ4v) is 1.50. The molecule has 0 spiro atoms. The van der Waals surface area contributed by atoms with Gasteiger partial charge in [0, 0.05) is 0 Å². The molecule has 0 fully saturated rings. The van der Waals surface area contributed by atoms with Gasteiger partial charge in [0.25, 0.3) is 0 Å².